The smallest absolute Gasteiger partial charge is 0.245 e. The van der Waals surface area contributed by atoms with Gasteiger partial charge in [0.2, 0.25) is 5.91 Å². The minimum Gasteiger partial charge on any atom is -0.273 e. The summed E-state index contributed by atoms with van der Waals surface area (Å²) in [5, 5.41) is 0. The summed E-state index contributed by atoms with van der Waals surface area (Å²) in [4.78, 5) is 10.8. The highest BCUT2D eigenvalue weighted by Gasteiger charge is 2.14. The van der Waals surface area contributed by atoms with Gasteiger partial charge in [0, 0.05) is 0 Å². The second-order valence-electron chi connectivity index (χ2n) is 2.74. The molecule has 1 aromatic rings. The first-order valence-electron chi connectivity index (χ1n) is 4.06. The van der Waals surface area contributed by atoms with E-state index in [1.807, 2.05) is 37.3 Å². The molecule has 0 unspecified atom stereocenters. The third-order valence-electron chi connectivity index (χ3n) is 1.93. The summed E-state index contributed by atoms with van der Waals surface area (Å²) in [5.41, 5.74) is 7.98. The van der Waals surface area contributed by atoms with E-state index in [1.54, 1.807) is 0 Å². The fourth-order valence-electron chi connectivity index (χ4n) is 1.26. The van der Waals surface area contributed by atoms with Gasteiger partial charge in [-0.2, -0.15) is 0 Å². The Hall–Kier alpha value is -1.31. The summed E-state index contributed by atoms with van der Waals surface area (Å²) in [6.07, 6.45) is 0.701. The molecule has 0 bridgehead atoms. The van der Waals surface area contributed by atoms with E-state index < -0.39 is 5.91 Å². The van der Waals surface area contributed by atoms with Gasteiger partial charge in [-0.15, -0.1) is 0 Å². The predicted molar refractivity (Wildman–Crippen MR) is 47.6 cm³/mol. The molecule has 1 aromatic carbocycles. The topological polar surface area (TPSA) is 40.9 Å². The largest absolute Gasteiger partial charge is 0.273 e. The highest BCUT2D eigenvalue weighted by atomic mass is 16.1. The van der Waals surface area contributed by atoms with Gasteiger partial charge in [-0.1, -0.05) is 37.3 Å². The van der Waals surface area contributed by atoms with E-state index in [2.05, 4.69) is 0 Å². The van der Waals surface area contributed by atoms with E-state index in [-0.39, 0.29) is 5.92 Å². The second-order valence-corrected chi connectivity index (χ2v) is 2.74. The fourth-order valence-corrected chi connectivity index (χ4v) is 1.26. The molecule has 1 rings (SSSR count). The summed E-state index contributed by atoms with van der Waals surface area (Å²) < 4.78 is 0. The molecule has 0 heterocycles. The summed E-state index contributed by atoms with van der Waals surface area (Å²) in [6, 6.07) is 9.47. The Bertz CT molecular complexity index is 256. The minimum atomic E-state index is -0.497. The van der Waals surface area contributed by atoms with Crippen LogP contribution in [0.15, 0.2) is 30.3 Å². The maximum absolute atomic E-state index is 10.8. The van der Waals surface area contributed by atoms with Crippen LogP contribution in [0.25, 0.3) is 0 Å². The Morgan fingerprint density at radius 3 is 2.42 bits per heavy atom. The minimum absolute atomic E-state index is 0.244. The predicted octanol–water partition coefficient (Wildman–Crippen LogP) is 1.99. The number of benzene rings is 1. The summed E-state index contributed by atoms with van der Waals surface area (Å²) in [7, 11) is 0. The molecule has 0 aliphatic rings. The molecule has 0 aromatic heterocycles. The first-order chi connectivity index (χ1) is 5.75. The fraction of sp³-hybridized carbons (Fsp3) is 0.300. The third-order valence-corrected chi connectivity index (χ3v) is 1.93. The molecule has 0 fully saturated rings. The van der Waals surface area contributed by atoms with Crippen LogP contribution < -0.4 is 5.73 Å². The Kier molecular flexibility index (Phi) is 2.86. The van der Waals surface area contributed by atoms with E-state index in [4.69, 9.17) is 5.73 Å². The zero-order chi connectivity index (χ0) is 8.97. The van der Waals surface area contributed by atoms with E-state index in [1.165, 1.54) is 0 Å². The maximum atomic E-state index is 10.8. The van der Waals surface area contributed by atoms with E-state index in [9.17, 15) is 4.79 Å². The van der Waals surface area contributed by atoms with E-state index in [0.717, 1.165) is 5.56 Å². The van der Waals surface area contributed by atoms with Crippen LogP contribution in [0.3, 0.4) is 0 Å². The van der Waals surface area contributed by atoms with Crippen LogP contribution in [-0.2, 0) is 4.79 Å². The van der Waals surface area contributed by atoms with Crippen molar-refractivity contribution in [1.82, 2.24) is 5.73 Å². The molecule has 1 radical (unpaired) electrons. The Balaban J connectivity index is 2.88. The van der Waals surface area contributed by atoms with Crippen molar-refractivity contribution in [2.75, 3.05) is 0 Å². The molecule has 0 aliphatic heterocycles. The number of hydrogen-bond donors (Lipinski definition) is 0. The number of rotatable bonds is 3. The first-order valence-corrected chi connectivity index (χ1v) is 4.06. The molecule has 1 atom stereocenters. The Labute approximate surface area is 72.4 Å². The molecule has 1 amide bonds. The molecule has 2 heteroatoms. The SMILES string of the molecule is CC[C@H](C([NH])=O)c1ccccc1. The monoisotopic (exact) mass is 162 g/mol. The van der Waals surface area contributed by atoms with Gasteiger partial charge in [0.1, 0.15) is 0 Å². The Morgan fingerprint density at radius 2 is 2.00 bits per heavy atom. The molecule has 63 valence electrons. The van der Waals surface area contributed by atoms with E-state index >= 15 is 0 Å². The van der Waals surface area contributed by atoms with Crippen molar-refractivity contribution in [1.29, 1.82) is 0 Å². The van der Waals surface area contributed by atoms with E-state index in [0.29, 0.717) is 6.42 Å². The summed E-state index contributed by atoms with van der Waals surface area (Å²) in [5.74, 6) is -0.741. The van der Waals surface area contributed by atoms with Crippen LogP contribution in [0.4, 0.5) is 0 Å². The molecule has 2 nitrogen and oxygen atoms in total. The van der Waals surface area contributed by atoms with Gasteiger partial charge >= 0.3 is 0 Å². The van der Waals surface area contributed by atoms with Crippen molar-refractivity contribution >= 4 is 5.91 Å². The van der Waals surface area contributed by atoms with Gasteiger partial charge in [0.05, 0.1) is 5.92 Å². The van der Waals surface area contributed by atoms with Crippen molar-refractivity contribution < 1.29 is 4.79 Å². The van der Waals surface area contributed by atoms with Gasteiger partial charge in [0.15, 0.2) is 0 Å². The van der Waals surface area contributed by atoms with Crippen LogP contribution in [0.1, 0.15) is 24.8 Å². The number of nitrogens with one attached hydrogen (secondary N) is 1. The molecule has 0 saturated heterocycles. The summed E-state index contributed by atoms with van der Waals surface area (Å²) in [6.45, 7) is 1.92. The van der Waals surface area contributed by atoms with Crippen LogP contribution in [0, 0.1) is 0 Å². The highest BCUT2D eigenvalue weighted by Crippen LogP contribution is 2.18. The molecule has 0 saturated carbocycles. The molecule has 1 N–H and O–H groups in total. The Morgan fingerprint density at radius 1 is 1.42 bits per heavy atom. The molecule has 0 aliphatic carbocycles. The molecule has 12 heavy (non-hydrogen) atoms. The number of hydrogen-bond acceptors (Lipinski definition) is 1. The van der Waals surface area contributed by atoms with Gasteiger partial charge in [0.25, 0.3) is 0 Å². The standard InChI is InChI=1S/C10H12NO/c1-2-9(10(11)12)8-6-4-3-5-7-8/h3-7,9,11H,2H2,1H3/t9-/m0/s1. The molecule has 0 spiro atoms. The van der Waals surface area contributed by atoms with Gasteiger partial charge in [-0.25, -0.2) is 0 Å². The number of carbonyl (C=O) groups excluding carboxylic acids is 1. The van der Waals surface area contributed by atoms with Gasteiger partial charge in [-0.3, -0.25) is 10.5 Å². The quantitative estimate of drug-likeness (QED) is 0.670. The van der Waals surface area contributed by atoms with Crippen LogP contribution in [0.2, 0.25) is 0 Å². The molecular formula is C10H12NO. The third kappa shape index (κ3) is 1.84. The van der Waals surface area contributed by atoms with Gasteiger partial charge < -0.3 is 0 Å². The lowest BCUT2D eigenvalue weighted by Gasteiger charge is -2.09. The average Bonchev–Trinajstić information content (AvgIpc) is 2.07. The van der Waals surface area contributed by atoms with Crippen molar-refractivity contribution in [3.8, 4) is 0 Å². The van der Waals surface area contributed by atoms with Crippen LogP contribution >= 0.6 is 0 Å². The van der Waals surface area contributed by atoms with Crippen LogP contribution in [0.5, 0.6) is 0 Å². The second kappa shape index (κ2) is 3.90. The maximum Gasteiger partial charge on any atom is 0.245 e. The number of carbonyl (C=O) groups is 1. The van der Waals surface area contributed by atoms with Crippen molar-refractivity contribution in [2.24, 2.45) is 0 Å². The lowest BCUT2D eigenvalue weighted by molar-refractivity contribution is -0.120. The average molecular weight is 162 g/mol. The van der Waals surface area contributed by atoms with Crippen molar-refractivity contribution in [3.05, 3.63) is 35.9 Å². The lowest BCUT2D eigenvalue weighted by atomic mass is 9.96. The zero-order valence-corrected chi connectivity index (χ0v) is 7.08. The zero-order valence-electron chi connectivity index (χ0n) is 7.08. The van der Waals surface area contributed by atoms with Gasteiger partial charge in [-0.05, 0) is 12.0 Å². The van der Waals surface area contributed by atoms with Crippen molar-refractivity contribution in [2.45, 2.75) is 19.3 Å². The lowest BCUT2D eigenvalue weighted by Crippen LogP contribution is -2.11. The normalized spacial score (nSPS) is 12.4. The summed E-state index contributed by atoms with van der Waals surface area (Å²) >= 11 is 0. The molecular weight excluding hydrogens is 150 g/mol. The first kappa shape index (κ1) is 8.78. The van der Waals surface area contributed by atoms with Crippen molar-refractivity contribution in [3.63, 3.8) is 0 Å². The van der Waals surface area contributed by atoms with Crippen LogP contribution in [-0.4, -0.2) is 5.91 Å². The number of amides is 1. The highest BCUT2D eigenvalue weighted by molar-refractivity contribution is 5.81.